The SMILES string of the molecule is COc1ccc(NC(=O)C[C@H]2C(=O)N(c3ccc(C)cc3)C(=S)N2CCN2CCN(C)CC2)cc1. The van der Waals surface area contributed by atoms with Crippen LogP contribution >= 0.6 is 12.2 Å². The summed E-state index contributed by atoms with van der Waals surface area (Å²) in [5, 5.41) is 3.35. The number of anilines is 2. The van der Waals surface area contributed by atoms with Gasteiger partial charge in [0.15, 0.2) is 5.11 Å². The van der Waals surface area contributed by atoms with E-state index in [2.05, 4.69) is 22.2 Å². The lowest BCUT2D eigenvalue weighted by Crippen LogP contribution is -2.48. The number of aryl methyl sites for hydroxylation is 1. The number of nitrogens with one attached hydrogen (secondary N) is 1. The van der Waals surface area contributed by atoms with Gasteiger partial charge >= 0.3 is 0 Å². The fourth-order valence-electron chi connectivity index (χ4n) is 4.40. The molecule has 0 unspecified atom stereocenters. The van der Waals surface area contributed by atoms with Gasteiger partial charge in [-0.2, -0.15) is 0 Å². The zero-order valence-electron chi connectivity index (χ0n) is 20.6. The molecule has 1 atom stereocenters. The summed E-state index contributed by atoms with van der Waals surface area (Å²) in [6, 6.07) is 14.2. The summed E-state index contributed by atoms with van der Waals surface area (Å²) >= 11 is 5.79. The molecule has 2 aromatic rings. The number of hydrogen-bond acceptors (Lipinski definition) is 6. The lowest BCUT2D eigenvalue weighted by molar-refractivity contribution is -0.124. The molecule has 0 spiro atoms. The number of benzene rings is 2. The maximum Gasteiger partial charge on any atom is 0.256 e. The fraction of sp³-hybridized carbons (Fsp3) is 0.423. The topological polar surface area (TPSA) is 68.4 Å². The molecule has 0 aliphatic carbocycles. The summed E-state index contributed by atoms with van der Waals surface area (Å²) in [6.45, 7) is 7.39. The molecular weight excluding hydrogens is 462 g/mol. The lowest BCUT2D eigenvalue weighted by atomic mass is 10.1. The molecule has 0 saturated carbocycles. The summed E-state index contributed by atoms with van der Waals surface area (Å²) in [5.74, 6) is 0.317. The summed E-state index contributed by atoms with van der Waals surface area (Å²) in [7, 11) is 3.72. The van der Waals surface area contributed by atoms with E-state index in [1.807, 2.05) is 36.1 Å². The van der Waals surface area contributed by atoms with Crippen LogP contribution in [-0.2, 0) is 9.59 Å². The summed E-state index contributed by atoms with van der Waals surface area (Å²) in [6.07, 6.45) is 0.0239. The first-order chi connectivity index (χ1) is 16.9. The molecule has 2 amide bonds. The lowest BCUT2D eigenvalue weighted by Gasteiger charge is -2.34. The predicted octanol–water partition coefficient (Wildman–Crippen LogP) is 2.58. The monoisotopic (exact) mass is 495 g/mol. The van der Waals surface area contributed by atoms with Crippen LogP contribution in [0.2, 0.25) is 0 Å². The van der Waals surface area contributed by atoms with Gasteiger partial charge in [0.2, 0.25) is 5.91 Å². The number of carbonyl (C=O) groups is 2. The van der Waals surface area contributed by atoms with Gasteiger partial charge in [-0.3, -0.25) is 19.4 Å². The highest BCUT2D eigenvalue weighted by atomic mass is 32.1. The number of thiocarbonyl (C=S) groups is 1. The van der Waals surface area contributed by atoms with Crippen molar-refractivity contribution in [2.45, 2.75) is 19.4 Å². The molecule has 0 bridgehead atoms. The Morgan fingerprint density at radius 3 is 2.31 bits per heavy atom. The van der Waals surface area contributed by atoms with E-state index >= 15 is 0 Å². The highest BCUT2D eigenvalue weighted by Crippen LogP contribution is 2.28. The smallest absolute Gasteiger partial charge is 0.256 e. The molecule has 9 heteroatoms. The van der Waals surface area contributed by atoms with Crippen LogP contribution < -0.4 is 15.0 Å². The standard InChI is InChI=1S/C26H33N5O3S/c1-19-4-8-21(9-5-19)31-25(33)23(18-24(32)27-20-6-10-22(34-3)11-7-20)30(26(31)35)17-16-29-14-12-28(2)13-15-29/h4-11,23H,12-18H2,1-3H3,(H,27,32)/t23-/m0/s1. The number of methoxy groups -OCH3 is 1. The predicted molar refractivity (Wildman–Crippen MR) is 142 cm³/mol. The number of piperazine rings is 1. The molecule has 2 heterocycles. The maximum absolute atomic E-state index is 13.6. The van der Waals surface area contributed by atoms with Crippen LogP contribution in [0, 0.1) is 6.92 Å². The Kier molecular flexibility index (Phi) is 8.00. The van der Waals surface area contributed by atoms with Gasteiger partial charge in [0.05, 0.1) is 19.2 Å². The number of ether oxygens (including phenoxy) is 1. The second-order valence-electron chi connectivity index (χ2n) is 9.13. The molecule has 4 rings (SSSR count). The Morgan fingerprint density at radius 1 is 1.03 bits per heavy atom. The van der Waals surface area contributed by atoms with E-state index < -0.39 is 6.04 Å². The van der Waals surface area contributed by atoms with Gasteiger partial charge in [-0.05, 0) is 62.6 Å². The van der Waals surface area contributed by atoms with Crippen LogP contribution in [-0.4, -0.2) is 91.1 Å². The van der Waals surface area contributed by atoms with Gasteiger partial charge in [0, 0.05) is 45.0 Å². The van der Waals surface area contributed by atoms with E-state index in [9.17, 15) is 9.59 Å². The van der Waals surface area contributed by atoms with Gasteiger partial charge in [0.1, 0.15) is 11.8 Å². The average Bonchev–Trinajstić information content (AvgIpc) is 3.08. The van der Waals surface area contributed by atoms with Crippen LogP contribution in [0.1, 0.15) is 12.0 Å². The number of carbonyl (C=O) groups excluding carboxylic acids is 2. The molecule has 2 aliphatic rings. The number of hydrogen-bond donors (Lipinski definition) is 1. The molecule has 0 radical (unpaired) electrons. The molecule has 186 valence electrons. The third-order valence-electron chi connectivity index (χ3n) is 6.62. The quantitative estimate of drug-likeness (QED) is 0.565. The van der Waals surface area contributed by atoms with Crippen LogP contribution in [0.5, 0.6) is 5.75 Å². The first-order valence-corrected chi connectivity index (χ1v) is 12.3. The Hall–Kier alpha value is -3.01. The molecule has 2 aromatic carbocycles. The molecule has 8 nitrogen and oxygen atoms in total. The molecular formula is C26H33N5O3S. The minimum Gasteiger partial charge on any atom is -0.497 e. The normalized spacial score (nSPS) is 19.3. The van der Waals surface area contributed by atoms with Crippen molar-refractivity contribution in [3.8, 4) is 5.75 Å². The Balaban J connectivity index is 1.49. The highest BCUT2D eigenvalue weighted by Gasteiger charge is 2.44. The Morgan fingerprint density at radius 2 is 1.69 bits per heavy atom. The van der Waals surface area contributed by atoms with E-state index in [1.165, 1.54) is 0 Å². The van der Waals surface area contributed by atoms with Crippen LogP contribution in [0.25, 0.3) is 0 Å². The second kappa shape index (κ2) is 11.2. The van der Waals surface area contributed by atoms with E-state index in [4.69, 9.17) is 17.0 Å². The van der Waals surface area contributed by atoms with Crippen molar-refractivity contribution >= 4 is 40.5 Å². The number of nitrogens with zero attached hydrogens (tertiary/aromatic N) is 4. The van der Waals surface area contributed by atoms with Crippen molar-refractivity contribution in [2.24, 2.45) is 0 Å². The Labute approximate surface area is 212 Å². The van der Waals surface area contributed by atoms with E-state index in [0.29, 0.717) is 23.1 Å². The number of rotatable bonds is 8. The van der Waals surface area contributed by atoms with Crippen molar-refractivity contribution in [2.75, 3.05) is 63.6 Å². The van der Waals surface area contributed by atoms with Crippen LogP contribution in [0.4, 0.5) is 11.4 Å². The molecule has 2 fully saturated rings. The second-order valence-corrected chi connectivity index (χ2v) is 9.49. The van der Waals surface area contributed by atoms with Gasteiger partial charge < -0.3 is 19.9 Å². The van der Waals surface area contributed by atoms with Gasteiger partial charge in [-0.25, -0.2) is 0 Å². The van der Waals surface area contributed by atoms with E-state index in [0.717, 1.165) is 44.0 Å². The van der Waals surface area contributed by atoms with Crippen LogP contribution in [0.3, 0.4) is 0 Å². The largest absolute Gasteiger partial charge is 0.497 e. The summed E-state index contributed by atoms with van der Waals surface area (Å²) in [5.41, 5.74) is 2.49. The van der Waals surface area contributed by atoms with Gasteiger partial charge in [-0.1, -0.05) is 17.7 Å². The molecule has 1 N–H and O–H groups in total. The minimum absolute atomic E-state index is 0.0239. The minimum atomic E-state index is -0.644. The summed E-state index contributed by atoms with van der Waals surface area (Å²) in [4.78, 5) is 34.7. The zero-order chi connectivity index (χ0) is 24.9. The van der Waals surface area contributed by atoms with Crippen molar-refractivity contribution in [3.05, 3.63) is 54.1 Å². The summed E-state index contributed by atoms with van der Waals surface area (Å²) < 4.78 is 5.18. The third kappa shape index (κ3) is 5.98. The molecule has 2 aliphatic heterocycles. The molecule has 2 saturated heterocycles. The van der Waals surface area contributed by atoms with E-state index in [1.54, 1.807) is 36.3 Å². The Bertz CT molecular complexity index is 1050. The number of amides is 2. The highest BCUT2D eigenvalue weighted by molar-refractivity contribution is 7.80. The molecule has 35 heavy (non-hydrogen) atoms. The van der Waals surface area contributed by atoms with Crippen molar-refractivity contribution < 1.29 is 14.3 Å². The number of likely N-dealkylation sites (N-methyl/N-ethyl adjacent to an activating group) is 1. The van der Waals surface area contributed by atoms with Gasteiger partial charge in [0.25, 0.3) is 5.91 Å². The van der Waals surface area contributed by atoms with E-state index in [-0.39, 0.29) is 18.2 Å². The zero-order valence-corrected chi connectivity index (χ0v) is 21.4. The van der Waals surface area contributed by atoms with Crippen molar-refractivity contribution in [1.82, 2.24) is 14.7 Å². The van der Waals surface area contributed by atoms with Crippen molar-refractivity contribution in [3.63, 3.8) is 0 Å². The first kappa shape index (κ1) is 25.1. The van der Waals surface area contributed by atoms with Crippen molar-refractivity contribution in [1.29, 1.82) is 0 Å². The third-order valence-corrected chi connectivity index (χ3v) is 7.03. The first-order valence-electron chi connectivity index (χ1n) is 11.9. The van der Waals surface area contributed by atoms with Gasteiger partial charge in [-0.15, -0.1) is 0 Å². The fourth-order valence-corrected chi connectivity index (χ4v) is 4.82. The maximum atomic E-state index is 13.6. The average molecular weight is 496 g/mol. The molecule has 0 aromatic heterocycles. The van der Waals surface area contributed by atoms with Crippen LogP contribution in [0.15, 0.2) is 48.5 Å².